The third-order valence-corrected chi connectivity index (χ3v) is 2.91. The summed E-state index contributed by atoms with van der Waals surface area (Å²) in [5.74, 6) is -0.427. The van der Waals surface area contributed by atoms with E-state index in [4.69, 9.17) is 9.47 Å². The normalized spacial score (nSPS) is 10.6. The number of carbonyl (C=O) groups excluding carboxylic acids is 4. The standard InChI is InChI=1S/C16H26N2O6/c1-14(20)6-10-23-12-13-24-11-7-17-15(21)5-8-18(2)16(22)4-3-9-19/h3-4,9H,5-8,10-13H2,1-2H3,(H,17,21)/b4-3-. The van der Waals surface area contributed by atoms with Gasteiger partial charge in [0.2, 0.25) is 11.8 Å². The highest BCUT2D eigenvalue weighted by atomic mass is 16.5. The maximum Gasteiger partial charge on any atom is 0.246 e. The van der Waals surface area contributed by atoms with E-state index < -0.39 is 0 Å². The predicted octanol–water partition coefficient (Wildman–Crippen LogP) is -0.281. The fourth-order valence-electron chi connectivity index (χ4n) is 1.52. The van der Waals surface area contributed by atoms with Gasteiger partial charge in [-0.25, -0.2) is 0 Å². The molecular formula is C16H26N2O6. The van der Waals surface area contributed by atoms with E-state index in [0.29, 0.717) is 45.7 Å². The maximum absolute atomic E-state index is 11.6. The van der Waals surface area contributed by atoms with Crippen molar-refractivity contribution in [3.63, 3.8) is 0 Å². The molecule has 0 aliphatic heterocycles. The van der Waals surface area contributed by atoms with E-state index in [1.807, 2.05) is 0 Å². The van der Waals surface area contributed by atoms with Crippen LogP contribution < -0.4 is 5.32 Å². The molecule has 24 heavy (non-hydrogen) atoms. The van der Waals surface area contributed by atoms with E-state index in [-0.39, 0.29) is 30.6 Å². The molecule has 0 aromatic carbocycles. The first kappa shape index (κ1) is 21.9. The van der Waals surface area contributed by atoms with Gasteiger partial charge >= 0.3 is 0 Å². The molecule has 0 saturated carbocycles. The summed E-state index contributed by atoms with van der Waals surface area (Å²) >= 11 is 0. The lowest BCUT2D eigenvalue weighted by molar-refractivity contribution is -0.126. The molecule has 0 radical (unpaired) electrons. The third-order valence-electron chi connectivity index (χ3n) is 2.91. The third kappa shape index (κ3) is 13.6. The molecule has 1 N–H and O–H groups in total. The van der Waals surface area contributed by atoms with Crippen LogP contribution in [-0.4, -0.2) is 75.3 Å². The van der Waals surface area contributed by atoms with Crippen molar-refractivity contribution in [1.29, 1.82) is 0 Å². The SMILES string of the molecule is CC(=O)CCOCCOCCNC(=O)CCN(C)C(=O)/C=C\C=O. The van der Waals surface area contributed by atoms with Crippen molar-refractivity contribution < 1.29 is 28.7 Å². The van der Waals surface area contributed by atoms with E-state index in [1.165, 1.54) is 11.8 Å². The molecule has 0 fully saturated rings. The number of aldehydes is 1. The largest absolute Gasteiger partial charge is 0.379 e. The first-order valence-corrected chi connectivity index (χ1v) is 7.76. The highest BCUT2D eigenvalue weighted by Crippen LogP contribution is 1.91. The number of Topliss-reactive ketones (excluding diaryl/α,β-unsaturated/α-hetero) is 1. The summed E-state index contributed by atoms with van der Waals surface area (Å²) < 4.78 is 10.5. The first-order chi connectivity index (χ1) is 11.5. The van der Waals surface area contributed by atoms with Gasteiger partial charge in [-0.2, -0.15) is 0 Å². The lowest BCUT2D eigenvalue weighted by atomic mass is 10.3. The summed E-state index contributed by atoms with van der Waals surface area (Å²) in [6, 6.07) is 0. The van der Waals surface area contributed by atoms with Crippen molar-refractivity contribution in [3.8, 4) is 0 Å². The zero-order valence-corrected chi connectivity index (χ0v) is 14.3. The van der Waals surface area contributed by atoms with E-state index >= 15 is 0 Å². The number of hydrogen-bond acceptors (Lipinski definition) is 6. The minimum Gasteiger partial charge on any atom is -0.379 e. The molecule has 0 unspecified atom stereocenters. The Hall–Kier alpha value is -2.06. The molecule has 0 spiro atoms. The molecule has 0 aromatic heterocycles. The van der Waals surface area contributed by atoms with E-state index in [1.54, 1.807) is 7.05 Å². The van der Waals surface area contributed by atoms with E-state index in [0.717, 1.165) is 12.2 Å². The van der Waals surface area contributed by atoms with Crippen LogP contribution in [0.4, 0.5) is 0 Å². The zero-order valence-electron chi connectivity index (χ0n) is 14.3. The molecule has 0 aliphatic carbocycles. The van der Waals surface area contributed by atoms with Gasteiger partial charge in [-0.05, 0) is 13.0 Å². The quantitative estimate of drug-likeness (QED) is 0.265. The summed E-state index contributed by atoms with van der Waals surface area (Å²) in [7, 11) is 1.56. The Morgan fingerprint density at radius 1 is 1.04 bits per heavy atom. The number of amides is 2. The number of allylic oxidation sites excluding steroid dienone is 1. The van der Waals surface area contributed by atoms with Crippen LogP contribution in [0.15, 0.2) is 12.2 Å². The predicted molar refractivity (Wildman–Crippen MR) is 87.4 cm³/mol. The Morgan fingerprint density at radius 2 is 1.71 bits per heavy atom. The fourth-order valence-corrected chi connectivity index (χ4v) is 1.52. The second-order valence-electron chi connectivity index (χ2n) is 5.03. The van der Waals surface area contributed by atoms with Crippen molar-refractivity contribution >= 4 is 23.9 Å². The second-order valence-corrected chi connectivity index (χ2v) is 5.03. The average molecular weight is 342 g/mol. The number of likely N-dealkylation sites (N-methyl/N-ethyl adjacent to an activating group) is 1. The Morgan fingerprint density at radius 3 is 2.33 bits per heavy atom. The summed E-state index contributed by atoms with van der Waals surface area (Å²) in [6.07, 6.45) is 3.35. The van der Waals surface area contributed by atoms with Gasteiger partial charge in [0.15, 0.2) is 0 Å². The fraction of sp³-hybridized carbons (Fsp3) is 0.625. The minimum absolute atomic E-state index is 0.0886. The molecule has 0 bridgehead atoms. The topological polar surface area (TPSA) is 102 Å². The maximum atomic E-state index is 11.6. The molecule has 0 saturated heterocycles. The van der Waals surface area contributed by atoms with Crippen molar-refractivity contribution in [3.05, 3.63) is 12.2 Å². The Bertz CT molecular complexity index is 436. The van der Waals surface area contributed by atoms with Crippen LogP contribution in [-0.2, 0) is 28.7 Å². The monoisotopic (exact) mass is 342 g/mol. The van der Waals surface area contributed by atoms with Gasteiger partial charge in [0.25, 0.3) is 0 Å². The molecule has 0 aliphatic rings. The summed E-state index contributed by atoms with van der Waals surface area (Å²) in [6.45, 7) is 3.70. The molecule has 0 aromatic rings. The number of ether oxygens (including phenoxy) is 2. The van der Waals surface area contributed by atoms with Gasteiger partial charge < -0.3 is 19.7 Å². The van der Waals surface area contributed by atoms with Crippen molar-refractivity contribution in [2.75, 3.05) is 46.6 Å². The molecule has 0 rings (SSSR count). The van der Waals surface area contributed by atoms with Gasteiger partial charge in [-0.3, -0.25) is 19.2 Å². The lowest BCUT2D eigenvalue weighted by Gasteiger charge is -2.14. The number of rotatable bonds is 14. The van der Waals surface area contributed by atoms with Crippen LogP contribution in [0.5, 0.6) is 0 Å². The van der Waals surface area contributed by atoms with E-state index in [9.17, 15) is 19.2 Å². The summed E-state index contributed by atoms with van der Waals surface area (Å²) in [4.78, 5) is 45.2. The zero-order chi connectivity index (χ0) is 18.2. The van der Waals surface area contributed by atoms with Crippen LogP contribution >= 0.6 is 0 Å². The van der Waals surface area contributed by atoms with Crippen molar-refractivity contribution in [1.82, 2.24) is 10.2 Å². The van der Waals surface area contributed by atoms with Crippen LogP contribution in [0.2, 0.25) is 0 Å². The molecule has 0 atom stereocenters. The van der Waals surface area contributed by atoms with Crippen LogP contribution in [0, 0.1) is 0 Å². The Labute approximate surface area is 142 Å². The number of ketones is 1. The first-order valence-electron chi connectivity index (χ1n) is 7.76. The summed E-state index contributed by atoms with van der Waals surface area (Å²) in [5, 5.41) is 2.68. The highest BCUT2D eigenvalue weighted by molar-refractivity contribution is 5.91. The van der Waals surface area contributed by atoms with Crippen LogP contribution in [0.3, 0.4) is 0 Å². The van der Waals surface area contributed by atoms with Gasteiger partial charge in [-0.1, -0.05) is 0 Å². The minimum atomic E-state index is -0.331. The van der Waals surface area contributed by atoms with Crippen LogP contribution in [0.25, 0.3) is 0 Å². The van der Waals surface area contributed by atoms with Crippen LogP contribution in [0.1, 0.15) is 19.8 Å². The number of hydrogen-bond donors (Lipinski definition) is 1. The number of nitrogens with one attached hydrogen (secondary N) is 1. The molecule has 0 heterocycles. The Kier molecular flexibility index (Phi) is 13.3. The molecule has 136 valence electrons. The lowest BCUT2D eigenvalue weighted by Crippen LogP contribution is -2.33. The molecule has 8 nitrogen and oxygen atoms in total. The number of nitrogens with zero attached hydrogens (tertiary/aromatic N) is 1. The summed E-state index contributed by atoms with van der Waals surface area (Å²) in [5.41, 5.74) is 0. The number of carbonyl (C=O) groups is 4. The van der Waals surface area contributed by atoms with Crippen molar-refractivity contribution in [2.45, 2.75) is 19.8 Å². The van der Waals surface area contributed by atoms with Crippen molar-refractivity contribution in [2.24, 2.45) is 0 Å². The second kappa shape index (κ2) is 14.5. The van der Waals surface area contributed by atoms with E-state index in [2.05, 4.69) is 5.32 Å². The average Bonchev–Trinajstić information content (AvgIpc) is 2.55. The molecule has 8 heteroatoms. The molecular weight excluding hydrogens is 316 g/mol. The smallest absolute Gasteiger partial charge is 0.246 e. The molecule has 2 amide bonds. The van der Waals surface area contributed by atoms with Gasteiger partial charge in [0.05, 0.1) is 26.4 Å². The van der Waals surface area contributed by atoms with Gasteiger partial charge in [0.1, 0.15) is 12.1 Å². The Balaban J connectivity index is 3.53. The van der Waals surface area contributed by atoms with Gasteiger partial charge in [-0.15, -0.1) is 0 Å². The highest BCUT2D eigenvalue weighted by Gasteiger charge is 2.07. The van der Waals surface area contributed by atoms with Gasteiger partial charge in [0, 0.05) is 39.1 Å².